The van der Waals surface area contributed by atoms with E-state index in [1.807, 2.05) is 24.3 Å². The SMILES string of the molecule is CCc1cc(Cl)nc(CSc2ccccc2)n1. The van der Waals surface area contributed by atoms with Crippen LogP contribution in [0.1, 0.15) is 18.4 Å². The molecule has 0 saturated heterocycles. The highest BCUT2D eigenvalue weighted by molar-refractivity contribution is 7.98. The fourth-order valence-electron chi connectivity index (χ4n) is 1.43. The zero-order chi connectivity index (χ0) is 12.1. The van der Waals surface area contributed by atoms with Crippen LogP contribution in [0.5, 0.6) is 0 Å². The van der Waals surface area contributed by atoms with Gasteiger partial charge in [-0.05, 0) is 24.6 Å². The van der Waals surface area contributed by atoms with Gasteiger partial charge in [0.1, 0.15) is 11.0 Å². The van der Waals surface area contributed by atoms with E-state index in [1.54, 1.807) is 11.8 Å². The molecule has 0 unspecified atom stereocenters. The Kier molecular flexibility index (Phi) is 4.40. The van der Waals surface area contributed by atoms with Crippen molar-refractivity contribution >= 4 is 23.4 Å². The summed E-state index contributed by atoms with van der Waals surface area (Å²) in [6, 6.07) is 12.0. The first-order valence-electron chi connectivity index (χ1n) is 5.48. The zero-order valence-corrected chi connectivity index (χ0v) is 11.1. The number of hydrogen-bond acceptors (Lipinski definition) is 3. The summed E-state index contributed by atoms with van der Waals surface area (Å²) in [5, 5.41) is 0.528. The van der Waals surface area contributed by atoms with Crippen LogP contribution in [0.2, 0.25) is 5.15 Å². The molecule has 2 rings (SSSR count). The number of nitrogens with zero attached hydrogens (tertiary/aromatic N) is 2. The maximum absolute atomic E-state index is 5.95. The van der Waals surface area contributed by atoms with Crippen molar-refractivity contribution in [1.82, 2.24) is 9.97 Å². The lowest BCUT2D eigenvalue weighted by atomic mass is 10.3. The van der Waals surface area contributed by atoms with Gasteiger partial charge in [0.15, 0.2) is 0 Å². The molecule has 0 aliphatic carbocycles. The summed E-state index contributed by atoms with van der Waals surface area (Å²) in [6.45, 7) is 2.06. The molecule has 1 aromatic carbocycles. The third-order valence-electron chi connectivity index (χ3n) is 2.27. The molecule has 0 atom stereocenters. The molecular weight excluding hydrogens is 252 g/mol. The van der Waals surface area contributed by atoms with Crippen molar-refractivity contribution in [2.24, 2.45) is 0 Å². The molecule has 0 bridgehead atoms. The van der Waals surface area contributed by atoms with Gasteiger partial charge < -0.3 is 0 Å². The fraction of sp³-hybridized carbons (Fsp3) is 0.231. The lowest BCUT2D eigenvalue weighted by molar-refractivity contribution is 0.940. The largest absolute Gasteiger partial charge is 0.237 e. The topological polar surface area (TPSA) is 25.8 Å². The van der Waals surface area contributed by atoms with Gasteiger partial charge in [-0.15, -0.1) is 11.8 Å². The Morgan fingerprint density at radius 1 is 1.18 bits per heavy atom. The molecule has 2 aromatic rings. The quantitative estimate of drug-likeness (QED) is 0.617. The Balaban J connectivity index is 2.06. The van der Waals surface area contributed by atoms with Crippen molar-refractivity contribution in [3.8, 4) is 0 Å². The van der Waals surface area contributed by atoms with Crippen LogP contribution in [0.4, 0.5) is 0 Å². The highest BCUT2D eigenvalue weighted by atomic mass is 35.5. The molecule has 0 fully saturated rings. The molecule has 17 heavy (non-hydrogen) atoms. The highest BCUT2D eigenvalue weighted by Gasteiger charge is 2.03. The van der Waals surface area contributed by atoms with Crippen molar-refractivity contribution in [3.63, 3.8) is 0 Å². The average Bonchev–Trinajstić information content (AvgIpc) is 2.37. The minimum Gasteiger partial charge on any atom is -0.237 e. The smallest absolute Gasteiger partial charge is 0.140 e. The van der Waals surface area contributed by atoms with Gasteiger partial charge >= 0.3 is 0 Å². The van der Waals surface area contributed by atoms with Crippen LogP contribution in [0.15, 0.2) is 41.3 Å². The molecule has 1 aromatic heterocycles. The molecule has 1 heterocycles. The number of aryl methyl sites for hydroxylation is 1. The van der Waals surface area contributed by atoms with E-state index in [0.717, 1.165) is 23.7 Å². The van der Waals surface area contributed by atoms with Crippen LogP contribution in [-0.4, -0.2) is 9.97 Å². The van der Waals surface area contributed by atoms with E-state index in [4.69, 9.17) is 11.6 Å². The summed E-state index contributed by atoms with van der Waals surface area (Å²) < 4.78 is 0. The Morgan fingerprint density at radius 3 is 2.65 bits per heavy atom. The fourth-order valence-corrected chi connectivity index (χ4v) is 2.42. The van der Waals surface area contributed by atoms with Gasteiger partial charge in [-0.1, -0.05) is 36.7 Å². The molecule has 0 amide bonds. The molecule has 0 aliphatic rings. The Hall–Kier alpha value is -1.06. The Morgan fingerprint density at radius 2 is 1.94 bits per heavy atom. The van der Waals surface area contributed by atoms with Crippen molar-refractivity contribution in [2.45, 2.75) is 24.0 Å². The van der Waals surface area contributed by atoms with E-state index < -0.39 is 0 Å². The first-order chi connectivity index (χ1) is 8.28. The second kappa shape index (κ2) is 6.03. The summed E-state index contributed by atoms with van der Waals surface area (Å²) in [5.74, 6) is 1.54. The predicted molar refractivity (Wildman–Crippen MR) is 72.4 cm³/mol. The molecular formula is C13H13ClN2S. The minimum absolute atomic E-state index is 0.528. The van der Waals surface area contributed by atoms with E-state index >= 15 is 0 Å². The van der Waals surface area contributed by atoms with Crippen LogP contribution in [0.3, 0.4) is 0 Å². The molecule has 0 N–H and O–H groups in total. The van der Waals surface area contributed by atoms with E-state index in [0.29, 0.717) is 5.15 Å². The van der Waals surface area contributed by atoms with Gasteiger partial charge in [-0.2, -0.15) is 0 Å². The number of hydrogen-bond donors (Lipinski definition) is 0. The standard InChI is InChI=1S/C13H13ClN2S/c1-2-10-8-12(14)16-13(15-10)9-17-11-6-4-3-5-7-11/h3-8H,2,9H2,1H3. The summed E-state index contributed by atoms with van der Waals surface area (Å²) in [4.78, 5) is 9.90. The zero-order valence-electron chi connectivity index (χ0n) is 9.56. The molecule has 0 saturated carbocycles. The Labute approximate surface area is 110 Å². The second-order valence-corrected chi connectivity index (χ2v) is 4.99. The monoisotopic (exact) mass is 264 g/mol. The molecule has 0 spiro atoms. The average molecular weight is 265 g/mol. The molecule has 0 aliphatic heterocycles. The summed E-state index contributed by atoms with van der Waals surface area (Å²) in [7, 11) is 0. The van der Waals surface area contributed by atoms with Crippen LogP contribution in [-0.2, 0) is 12.2 Å². The van der Waals surface area contributed by atoms with Gasteiger partial charge in [-0.3, -0.25) is 0 Å². The lowest BCUT2D eigenvalue weighted by Gasteiger charge is -2.03. The van der Waals surface area contributed by atoms with Crippen LogP contribution >= 0.6 is 23.4 Å². The van der Waals surface area contributed by atoms with Gasteiger partial charge in [0.25, 0.3) is 0 Å². The molecule has 4 heteroatoms. The summed E-state index contributed by atoms with van der Waals surface area (Å²) >= 11 is 7.67. The van der Waals surface area contributed by atoms with Gasteiger partial charge in [-0.25, -0.2) is 9.97 Å². The van der Waals surface area contributed by atoms with E-state index in [1.165, 1.54) is 4.90 Å². The van der Waals surface area contributed by atoms with Crippen molar-refractivity contribution in [3.05, 3.63) is 53.1 Å². The number of halogens is 1. The third-order valence-corrected chi connectivity index (χ3v) is 3.47. The maximum Gasteiger partial charge on any atom is 0.140 e. The maximum atomic E-state index is 5.95. The van der Waals surface area contributed by atoms with Gasteiger partial charge in [0.05, 0.1) is 5.75 Å². The van der Waals surface area contributed by atoms with Crippen molar-refractivity contribution < 1.29 is 0 Å². The molecule has 88 valence electrons. The first kappa shape index (κ1) is 12.4. The van der Waals surface area contributed by atoms with E-state index in [9.17, 15) is 0 Å². The number of thioether (sulfide) groups is 1. The third kappa shape index (κ3) is 3.72. The predicted octanol–water partition coefficient (Wildman–Crippen LogP) is 3.98. The lowest BCUT2D eigenvalue weighted by Crippen LogP contribution is -1.97. The molecule has 0 radical (unpaired) electrons. The van der Waals surface area contributed by atoms with Gasteiger partial charge in [0, 0.05) is 10.6 Å². The first-order valence-corrected chi connectivity index (χ1v) is 6.84. The number of rotatable bonds is 4. The summed E-state index contributed by atoms with van der Waals surface area (Å²) in [5.41, 5.74) is 0.994. The van der Waals surface area contributed by atoms with Crippen molar-refractivity contribution in [2.75, 3.05) is 0 Å². The van der Waals surface area contributed by atoms with Gasteiger partial charge in [0.2, 0.25) is 0 Å². The molecule has 2 nitrogen and oxygen atoms in total. The van der Waals surface area contributed by atoms with Crippen LogP contribution in [0, 0.1) is 0 Å². The van der Waals surface area contributed by atoms with Crippen LogP contribution in [0.25, 0.3) is 0 Å². The van der Waals surface area contributed by atoms with E-state index in [-0.39, 0.29) is 0 Å². The van der Waals surface area contributed by atoms with E-state index in [2.05, 4.69) is 29.0 Å². The minimum atomic E-state index is 0.528. The second-order valence-electron chi connectivity index (χ2n) is 3.55. The number of aromatic nitrogens is 2. The normalized spacial score (nSPS) is 10.5. The van der Waals surface area contributed by atoms with Crippen molar-refractivity contribution in [1.29, 1.82) is 0 Å². The summed E-state index contributed by atoms with van der Waals surface area (Å²) in [6.07, 6.45) is 0.880. The highest BCUT2D eigenvalue weighted by Crippen LogP contribution is 2.21. The number of benzene rings is 1. The van der Waals surface area contributed by atoms with Crippen LogP contribution < -0.4 is 0 Å². The Bertz CT molecular complexity index is 488.